The quantitative estimate of drug-likeness (QED) is 0.393. The lowest BCUT2D eigenvalue weighted by atomic mass is 10.2. The number of hydrogen-bond acceptors (Lipinski definition) is 6. The van der Waals surface area contributed by atoms with Crippen LogP contribution in [-0.4, -0.2) is 31.3 Å². The highest BCUT2D eigenvalue weighted by molar-refractivity contribution is 7.99. The first-order valence-electron chi connectivity index (χ1n) is 7.36. The molecule has 2 aromatic carbocycles. The highest BCUT2D eigenvalue weighted by Crippen LogP contribution is 2.28. The minimum absolute atomic E-state index is 0.0192. The Bertz CT molecular complexity index is 948. The Morgan fingerprint density at radius 1 is 1.27 bits per heavy atom. The highest BCUT2D eigenvalue weighted by atomic mass is 35.5. The van der Waals surface area contributed by atoms with Crippen molar-refractivity contribution in [2.24, 2.45) is 0 Å². The summed E-state index contributed by atoms with van der Waals surface area (Å²) in [7, 11) is 0. The van der Waals surface area contributed by atoms with Crippen molar-refractivity contribution in [1.82, 2.24) is 14.8 Å². The van der Waals surface area contributed by atoms with Crippen molar-refractivity contribution in [3.63, 3.8) is 0 Å². The number of nitrogens with zero attached hydrogens (tertiary/aromatic N) is 4. The van der Waals surface area contributed by atoms with E-state index in [2.05, 4.69) is 15.5 Å². The lowest BCUT2D eigenvalue weighted by Crippen LogP contribution is -2.15. The molecular formula is C16H12ClN5O3S. The van der Waals surface area contributed by atoms with E-state index < -0.39 is 10.8 Å². The topological polar surface area (TPSA) is 103 Å². The van der Waals surface area contributed by atoms with Gasteiger partial charge in [-0.1, -0.05) is 41.6 Å². The number of nitro benzene ring substituents is 1. The van der Waals surface area contributed by atoms with E-state index in [0.717, 1.165) is 5.69 Å². The van der Waals surface area contributed by atoms with Crippen LogP contribution in [0.3, 0.4) is 0 Å². The Labute approximate surface area is 157 Å². The molecule has 0 radical (unpaired) electrons. The molecule has 1 N–H and O–H groups in total. The van der Waals surface area contributed by atoms with Crippen molar-refractivity contribution in [3.8, 4) is 5.69 Å². The van der Waals surface area contributed by atoms with Crippen molar-refractivity contribution in [2.45, 2.75) is 5.16 Å². The molecule has 3 rings (SSSR count). The van der Waals surface area contributed by atoms with Gasteiger partial charge >= 0.3 is 0 Å². The van der Waals surface area contributed by atoms with Crippen LogP contribution in [0.5, 0.6) is 0 Å². The molecule has 0 bridgehead atoms. The number of halogens is 1. The number of nitrogens with one attached hydrogen (secondary N) is 1. The molecule has 8 nitrogen and oxygen atoms in total. The molecule has 1 amide bonds. The van der Waals surface area contributed by atoms with E-state index in [1.807, 2.05) is 30.3 Å². The van der Waals surface area contributed by atoms with Crippen molar-refractivity contribution < 1.29 is 9.72 Å². The van der Waals surface area contributed by atoms with Gasteiger partial charge in [-0.3, -0.25) is 19.5 Å². The van der Waals surface area contributed by atoms with E-state index >= 15 is 0 Å². The maximum absolute atomic E-state index is 12.2. The third kappa shape index (κ3) is 4.19. The van der Waals surface area contributed by atoms with E-state index in [-0.39, 0.29) is 22.2 Å². The monoisotopic (exact) mass is 389 g/mol. The van der Waals surface area contributed by atoms with Gasteiger partial charge in [0.05, 0.1) is 10.7 Å². The Balaban J connectivity index is 1.68. The van der Waals surface area contributed by atoms with E-state index in [4.69, 9.17) is 11.6 Å². The normalized spacial score (nSPS) is 10.5. The van der Waals surface area contributed by atoms with Gasteiger partial charge in [0.1, 0.15) is 12.0 Å². The molecule has 1 heterocycles. The SMILES string of the molecule is O=C(CSc1nncn1-c1ccccc1)Nc1ccc(Cl)cc1[N+](=O)[O-]. The zero-order valence-corrected chi connectivity index (χ0v) is 14.8. The molecule has 10 heteroatoms. The molecule has 26 heavy (non-hydrogen) atoms. The second-order valence-corrected chi connectivity index (χ2v) is 6.45. The lowest BCUT2D eigenvalue weighted by molar-refractivity contribution is -0.383. The zero-order valence-electron chi connectivity index (χ0n) is 13.2. The molecule has 132 valence electrons. The molecule has 0 aliphatic heterocycles. The predicted octanol–water partition coefficient (Wildman–Crippen LogP) is 3.56. The summed E-state index contributed by atoms with van der Waals surface area (Å²) in [6.45, 7) is 0. The number of para-hydroxylation sites is 1. The van der Waals surface area contributed by atoms with Crippen LogP contribution < -0.4 is 5.32 Å². The summed E-state index contributed by atoms with van der Waals surface area (Å²) in [5, 5.41) is 22.2. The standard InChI is InChI=1S/C16H12ClN5O3S/c17-11-6-7-13(14(8-11)22(24)25)19-15(23)9-26-16-20-18-10-21(16)12-4-2-1-3-5-12/h1-8,10H,9H2,(H,19,23). The number of nitro groups is 1. The van der Waals surface area contributed by atoms with Gasteiger partial charge in [0.25, 0.3) is 5.69 Å². The summed E-state index contributed by atoms with van der Waals surface area (Å²) >= 11 is 6.94. The number of thioether (sulfide) groups is 1. The zero-order chi connectivity index (χ0) is 18.5. The fraction of sp³-hybridized carbons (Fsp3) is 0.0625. The number of benzene rings is 2. The lowest BCUT2D eigenvalue weighted by Gasteiger charge is -2.07. The van der Waals surface area contributed by atoms with Crippen LogP contribution in [0.2, 0.25) is 5.02 Å². The van der Waals surface area contributed by atoms with E-state index in [1.165, 1.54) is 30.0 Å². The number of anilines is 1. The summed E-state index contributed by atoms with van der Waals surface area (Å²) in [6.07, 6.45) is 1.56. The highest BCUT2D eigenvalue weighted by Gasteiger charge is 2.17. The van der Waals surface area contributed by atoms with Gasteiger partial charge in [0, 0.05) is 16.8 Å². The Morgan fingerprint density at radius 2 is 2.04 bits per heavy atom. The van der Waals surface area contributed by atoms with Gasteiger partial charge in [-0.15, -0.1) is 10.2 Å². The van der Waals surface area contributed by atoms with Crippen molar-refractivity contribution in [2.75, 3.05) is 11.1 Å². The molecule has 1 aromatic heterocycles. The van der Waals surface area contributed by atoms with Crippen molar-refractivity contribution in [3.05, 3.63) is 70.0 Å². The van der Waals surface area contributed by atoms with Gasteiger partial charge in [-0.2, -0.15) is 0 Å². The van der Waals surface area contributed by atoms with Crippen LogP contribution in [0.15, 0.2) is 60.0 Å². The largest absolute Gasteiger partial charge is 0.320 e. The molecule has 0 unspecified atom stereocenters. The number of aromatic nitrogens is 3. The molecular weight excluding hydrogens is 378 g/mol. The smallest absolute Gasteiger partial charge is 0.294 e. The number of amides is 1. The molecule has 0 atom stereocenters. The van der Waals surface area contributed by atoms with E-state index in [1.54, 1.807) is 10.9 Å². The van der Waals surface area contributed by atoms with Gasteiger partial charge in [0.2, 0.25) is 5.91 Å². The molecule has 0 fully saturated rings. The minimum Gasteiger partial charge on any atom is -0.320 e. The van der Waals surface area contributed by atoms with Crippen LogP contribution in [0.25, 0.3) is 5.69 Å². The second kappa shape index (κ2) is 7.98. The molecule has 0 aliphatic carbocycles. The van der Waals surface area contributed by atoms with Crippen LogP contribution >= 0.6 is 23.4 Å². The summed E-state index contributed by atoms with van der Waals surface area (Å²) in [5.74, 6) is -0.381. The summed E-state index contributed by atoms with van der Waals surface area (Å²) in [6, 6.07) is 13.5. The maximum atomic E-state index is 12.2. The average Bonchev–Trinajstić information content (AvgIpc) is 3.10. The first-order valence-corrected chi connectivity index (χ1v) is 8.73. The van der Waals surface area contributed by atoms with Crippen LogP contribution in [0.4, 0.5) is 11.4 Å². The van der Waals surface area contributed by atoms with Crippen molar-refractivity contribution in [1.29, 1.82) is 0 Å². The Hall–Kier alpha value is -2.91. The van der Waals surface area contributed by atoms with Crippen LogP contribution in [0, 0.1) is 10.1 Å². The molecule has 0 aliphatic rings. The first kappa shape index (κ1) is 17.9. The molecule has 0 spiro atoms. The van der Waals surface area contributed by atoms with Crippen LogP contribution in [0.1, 0.15) is 0 Å². The number of carbonyl (C=O) groups excluding carboxylic acids is 1. The molecule has 0 saturated heterocycles. The first-order chi connectivity index (χ1) is 12.5. The van der Waals surface area contributed by atoms with Gasteiger partial charge in [0.15, 0.2) is 5.16 Å². The molecule has 3 aromatic rings. The number of carbonyl (C=O) groups is 1. The summed E-state index contributed by atoms with van der Waals surface area (Å²) < 4.78 is 1.75. The number of hydrogen-bond donors (Lipinski definition) is 1. The third-order valence-electron chi connectivity index (χ3n) is 3.31. The van der Waals surface area contributed by atoms with Gasteiger partial charge in [-0.05, 0) is 24.3 Å². The van der Waals surface area contributed by atoms with Gasteiger partial charge < -0.3 is 5.32 Å². The number of rotatable bonds is 6. The van der Waals surface area contributed by atoms with E-state index in [0.29, 0.717) is 5.16 Å². The summed E-state index contributed by atoms with van der Waals surface area (Å²) in [4.78, 5) is 22.6. The second-order valence-electron chi connectivity index (χ2n) is 5.07. The third-order valence-corrected chi connectivity index (χ3v) is 4.49. The van der Waals surface area contributed by atoms with E-state index in [9.17, 15) is 14.9 Å². The fourth-order valence-corrected chi connectivity index (χ4v) is 3.06. The average molecular weight is 390 g/mol. The predicted molar refractivity (Wildman–Crippen MR) is 98.8 cm³/mol. The Morgan fingerprint density at radius 3 is 2.77 bits per heavy atom. The minimum atomic E-state index is -0.597. The maximum Gasteiger partial charge on any atom is 0.294 e. The fourth-order valence-electron chi connectivity index (χ4n) is 2.17. The summed E-state index contributed by atoms with van der Waals surface area (Å²) in [5.41, 5.74) is 0.701. The Kier molecular flexibility index (Phi) is 5.49. The van der Waals surface area contributed by atoms with Crippen LogP contribution in [-0.2, 0) is 4.79 Å². The van der Waals surface area contributed by atoms with Gasteiger partial charge in [-0.25, -0.2) is 0 Å². The van der Waals surface area contributed by atoms with Crippen molar-refractivity contribution >= 4 is 40.6 Å². The molecule has 0 saturated carbocycles.